The maximum absolute atomic E-state index is 8.41. The van der Waals surface area contributed by atoms with Crippen molar-refractivity contribution in [2.75, 3.05) is 26.9 Å². The zero-order valence-corrected chi connectivity index (χ0v) is 6.82. The second-order valence-electron chi connectivity index (χ2n) is 2.23. The van der Waals surface area contributed by atoms with E-state index in [1.165, 1.54) is 0 Å². The van der Waals surface area contributed by atoms with E-state index in [4.69, 9.17) is 19.5 Å². The van der Waals surface area contributed by atoms with E-state index in [0.29, 0.717) is 19.8 Å². The monoisotopic (exact) mass is 162 g/mol. The number of methoxy groups -OCH3 is 1. The van der Waals surface area contributed by atoms with Crippen LogP contribution in [0.15, 0.2) is 0 Å². The highest BCUT2D eigenvalue weighted by Gasteiger charge is 2.04. The first-order chi connectivity index (χ1) is 5.27. The van der Waals surface area contributed by atoms with Crippen LogP contribution < -0.4 is 0 Å². The van der Waals surface area contributed by atoms with Crippen molar-refractivity contribution in [1.29, 1.82) is 0 Å². The summed E-state index contributed by atoms with van der Waals surface area (Å²) in [5.41, 5.74) is 0. The van der Waals surface area contributed by atoms with Gasteiger partial charge in [-0.2, -0.15) is 0 Å². The third-order valence-corrected chi connectivity index (χ3v) is 1.16. The van der Waals surface area contributed by atoms with E-state index in [2.05, 4.69) is 0 Å². The second kappa shape index (κ2) is 8.01. The maximum atomic E-state index is 8.41. The van der Waals surface area contributed by atoms with Gasteiger partial charge in [-0.05, 0) is 6.42 Å². The standard InChI is InChI=1S/C6H15BO4/c1-10-4-2-5-11-6-3-7(8)9/h8-9H,2-6H2,1H3. The molecule has 0 bridgehead atoms. The van der Waals surface area contributed by atoms with Gasteiger partial charge in [-0.25, -0.2) is 0 Å². The molecular weight excluding hydrogens is 147 g/mol. The molecular formula is C6H15BO4. The van der Waals surface area contributed by atoms with Crippen LogP contribution in [0.25, 0.3) is 0 Å². The van der Waals surface area contributed by atoms with Crippen LogP contribution >= 0.6 is 0 Å². The molecule has 0 atom stereocenters. The fraction of sp³-hybridized carbons (Fsp3) is 1.00. The molecule has 0 aromatic rings. The fourth-order valence-corrected chi connectivity index (χ4v) is 0.596. The van der Waals surface area contributed by atoms with E-state index in [-0.39, 0.29) is 6.32 Å². The topological polar surface area (TPSA) is 58.9 Å². The predicted octanol–water partition coefficient (Wildman–Crippen LogP) is -0.488. The van der Waals surface area contributed by atoms with Crippen molar-refractivity contribution >= 4 is 7.12 Å². The molecule has 0 aliphatic carbocycles. The lowest BCUT2D eigenvalue weighted by Gasteiger charge is -2.02. The van der Waals surface area contributed by atoms with Crippen LogP contribution in [-0.4, -0.2) is 44.1 Å². The van der Waals surface area contributed by atoms with Crippen LogP contribution in [0.1, 0.15) is 6.42 Å². The van der Waals surface area contributed by atoms with Crippen molar-refractivity contribution < 1.29 is 19.5 Å². The number of hydrogen-bond donors (Lipinski definition) is 2. The summed E-state index contributed by atoms with van der Waals surface area (Å²) in [4.78, 5) is 0. The van der Waals surface area contributed by atoms with E-state index in [1.54, 1.807) is 7.11 Å². The van der Waals surface area contributed by atoms with E-state index in [0.717, 1.165) is 6.42 Å². The Kier molecular flexibility index (Phi) is 7.94. The molecule has 0 saturated heterocycles. The van der Waals surface area contributed by atoms with Gasteiger partial charge in [-0.15, -0.1) is 0 Å². The van der Waals surface area contributed by atoms with Crippen LogP contribution in [0.4, 0.5) is 0 Å². The molecule has 0 rings (SSSR count). The Morgan fingerprint density at radius 1 is 1.18 bits per heavy atom. The van der Waals surface area contributed by atoms with Gasteiger partial charge in [0.15, 0.2) is 0 Å². The first kappa shape index (κ1) is 10.9. The minimum absolute atomic E-state index is 0.271. The molecule has 0 aromatic heterocycles. The summed E-state index contributed by atoms with van der Waals surface area (Å²) in [5, 5.41) is 16.8. The highest BCUT2D eigenvalue weighted by atomic mass is 16.5. The largest absolute Gasteiger partial charge is 0.453 e. The van der Waals surface area contributed by atoms with Crippen LogP contribution in [0.2, 0.25) is 6.32 Å². The summed E-state index contributed by atoms with van der Waals surface area (Å²) >= 11 is 0. The molecule has 11 heavy (non-hydrogen) atoms. The highest BCUT2D eigenvalue weighted by Crippen LogP contribution is 1.88. The van der Waals surface area contributed by atoms with Gasteiger partial charge in [0.1, 0.15) is 0 Å². The smallest absolute Gasteiger partial charge is 0.427 e. The molecule has 0 heterocycles. The number of rotatable bonds is 7. The Bertz CT molecular complexity index is 79.0. The fourth-order valence-electron chi connectivity index (χ4n) is 0.596. The van der Waals surface area contributed by atoms with Crippen molar-refractivity contribution in [3.63, 3.8) is 0 Å². The van der Waals surface area contributed by atoms with Crippen LogP contribution in [0.5, 0.6) is 0 Å². The molecule has 0 fully saturated rings. The molecule has 0 spiro atoms. The highest BCUT2D eigenvalue weighted by molar-refractivity contribution is 6.41. The molecule has 5 heteroatoms. The molecule has 2 N–H and O–H groups in total. The van der Waals surface area contributed by atoms with Crippen molar-refractivity contribution in [3.05, 3.63) is 0 Å². The summed E-state index contributed by atoms with van der Waals surface area (Å²) in [6.07, 6.45) is 1.12. The molecule has 0 saturated carbocycles. The predicted molar refractivity (Wildman–Crippen MR) is 42.3 cm³/mol. The van der Waals surface area contributed by atoms with Crippen LogP contribution in [0.3, 0.4) is 0 Å². The Hall–Kier alpha value is -0.0951. The summed E-state index contributed by atoms with van der Waals surface area (Å²) in [5.74, 6) is 0. The minimum atomic E-state index is -1.25. The van der Waals surface area contributed by atoms with Gasteiger partial charge in [-0.1, -0.05) is 0 Å². The third kappa shape index (κ3) is 9.90. The van der Waals surface area contributed by atoms with Crippen molar-refractivity contribution in [3.8, 4) is 0 Å². The van der Waals surface area contributed by atoms with Crippen molar-refractivity contribution in [2.24, 2.45) is 0 Å². The normalized spacial score (nSPS) is 10.1. The van der Waals surface area contributed by atoms with Gasteiger partial charge in [-0.3, -0.25) is 0 Å². The average molecular weight is 162 g/mol. The van der Waals surface area contributed by atoms with Gasteiger partial charge < -0.3 is 19.5 Å². The van der Waals surface area contributed by atoms with E-state index in [9.17, 15) is 0 Å². The van der Waals surface area contributed by atoms with Gasteiger partial charge in [0.2, 0.25) is 0 Å². The quantitative estimate of drug-likeness (QED) is 0.391. The summed E-state index contributed by atoms with van der Waals surface area (Å²) in [6.45, 7) is 1.68. The maximum Gasteiger partial charge on any atom is 0.453 e. The lowest BCUT2D eigenvalue weighted by molar-refractivity contribution is 0.109. The molecule has 0 radical (unpaired) electrons. The zero-order valence-electron chi connectivity index (χ0n) is 6.82. The lowest BCUT2D eigenvalue weighted by atomic mass is 9.87. The van der Waals surface area contributed by atoms with Gasteiger partial charge in [0.05, 0.1) is 0 Å². The Labute approximate surface area is 67.3 Å². The van der Waals surface area contributed by atoms with Gasteiger partial charge in [0.25, 0.3) is 0 Å². The van der Waals surface area contributed by atoms with Crippen LogP contribution in [0, 0.1) is 0 Å². The van der Waals surface area contributed by atoms with E-state index >= 15 is 0 Å². The first-order valence-corrected chi connectivity index (χ1v) is 3.70. The molecule has 66 valence electrons. The number of ether oxygens (including phenoxy) is 2. The molecule has 0 amide bonds. The molecule has 0 aromatic carbocycles. The minimum Gasteiger partial charge on any atom is -0.427 e. The molecule has 0 aliphatic rings. The Morgan fingerprint density at radius 2 is 1.91 bits per heavy atom. The van der Waals surface area contributed by atoms with Crippen molar-refractivity contribution in [2.45, 2.75) is 12.7 Å². The summed E-state index contributed by atoms with van der Waals surface area (Å²) in [6, 6.07) is 0. The van der Waals surface area contributed by atoms with Crippen molar-refractivity contribution in [1.82, 2.24) is 0 Å². The molecule has 0 unspecified atom stereocenters. The van der Waals surface area contributed by atoms with Gasteiger partial charge in [0, 0.05) is 33.3 Å². The average Bonchev–Trinajstić information content (AvgIpc) is 1.96. The second-order valence-corrected chi connectivity index (χ2v) is 2.23. The third-order valence-electron chi connectivity index (χ3n) is 1.16. The Morgan fingerprint density at radius 3 is 2.45 bits per heavy atom. The first-order valence-electron chi connectivity index (χ1n) is 3.70. The van der Waals surface area contributed by atoms with Gasteiger partial charge >= 0.3 is 7.12 Å². The van der Waals surface area contributed by atoms with E-state index in [1.807, 2.05) is 0 Å². The SMILES string of the molecule is COCCCOCCB(O)O. The zero-order chi connectivity index (χ0) is 8.53. The van der Waals surface area contributed by atoms with Crippen LogP contribution in [-0.2, 0) is 9.47 Å². The number of hydrogen-bond acceptors (Lipinski definition) is 4. The Balaban J connectivity index is 2.80. The molecule has 4 nitrogen and oxygen atoms in total. The molecule has 0 aliphatic heterocycles. The summed E-state index contributed by atoms with van der Waals surface area (Å²) < 4.78 is 9.84. The van der Waals surface area contributed by atoms with E-state index < -0.39 is 7.12 Å². The lowest BCUT2D eigenvalue weighted by Crippen LogP contribution is -2.14. The summed E-state index contributed by atoms with van der Waals surface area (Å²) in [7, 11) is 0.384.